The van der Waals surface area contributed by atoms with Crippen LogP contribution in [0.3, 0.4) is 0 Å². The van der Waals surface area contributed by atoms with Crippen LogP contribution in [0.2, 0.25) is 0 Å². The smallest absolute Gasteiger partial charge is 0.178 e. The van der Waals surface area contributed by atoms with Crippen molar-refractivity contribution in [3.63, 3.8) is 0 Å². The first kappa shape index (κ1) is 8.81. The molecule has 2 nitrogen and oxygen atoms in total. The second-order valence-corrected chi connectivity index (χ2v) is 3.81. The van der Waals surface area contributed by atoms with Crippen molar-refractivity contribution in [2.75, 3.05) is 18.5 Å². The largest absolute Gasteiger partial charge is 0.488 e. The molecule has 1 N–H and O–H groups in total. The number of benzene rings is 1. The van der Waals surface area contributed by atoms with Crippen LogP contribution in [0, 0.1) is 5.82 Å². The van der Waals surface area contributed by atoms with Gasteiger partial charge in [0, 0.05) is 11.0 Å². The van der Waals surface area contributed by atoms with Crippen LogP contribution in [0.5, 0.6) is 5.75 Å². The van der Waals surface area contributed by atoms with E-state index in [1.165, 1.54) is 6.07 Å². The summed E-state index contributed by atoms with van der Waals surface area (Å²) in [6, 6.07) is 3.23. The zero-order valence-corrected chi connectivity index (χ0v) is 8.53. The van der Waals surface area contributed by atoms with Crippen molar-refractivity contribution in [3.8, 4) is 5.75 Å². The maximum absolute atomic E-state index is 13.3. The van der Waals surface area contributed by atoms with Crippen molar-refractivity contribution >= 4 is 21.6 Å². The van der Waals surface area contributed by atoms with Crippen LogP contribution >= 0.6 is 15.9 Å². The van der Waals surface area contributed by atoms with Crippen LogP contribution in [0.15, 0.2) is 16.6 Å². The lowest BCUT2D eigenvalue weighted by molar-refractivity contribution is 0.307. The monoisotopic (exact) mass is 245 g/mol. The average Bonchev–Trinajstić information content (AvgIpc) is 2.28. The molecule has 0 unspecified atom stereocenters. The Kier molecular flexibility index (Phi) is 2.40. The highest BCUT2D eigenvalue weighted by atomic mass is 79.9. The Morgan fingerprint density at radius 2 is 2.31 bits per heavy atom. The second kappa shape index (κ2) is 3.54. The van der Waals surface area contributed by atoms with Gasteiger partial charge in [-0.25, -0.2) is 4.39 Å². The first-order valence-electron chi connectivity index (χ1n) is 4.13. The van der Waals surface area contributed by atoms with Gasteiger partial charge in [0.1, 0.15) is 0 Å². The number of ether oxygens (including phenoxy) is 1. The van der Waals surface area contributed by atoms with Crippen molar-refractivity contribution < 1.29 is 9.13 Å². The number of nitrogens with one attached hydrogen (secondary N) is 1. The normalized spacial score (nSPS) is 15.2. The second-order valence-electron chi connectivity index (χ2n) is 2.89. The summed E-state index contributed by atoms with van der Waals surface area (Å²) in [5.41, 5.74) is 0.726. The van der Waals surface area contributed by atoms with E-state index in [0.717, 1.165) is 23.1 Å². The number of rotatable bonds is 0. The van der Waals surface area contributed by atoms with E-state index in [0.29, 0.717) is 12.4 Å². The Hall–Kier alpha value is -0.770. The Bertz CT molecular complexity index is 330. The number of hydrogen-bond acceptors (Lipinski definition) is 2. The van der Waals surface area contributed by atoms with Crippen molar-refractivity contribution in [2.24, 2.45) is 0 Å². The van der Waals surface area contributed by atoms with Crippen LogP contribution in [-0.2, 0) is 0 Å². The van der Waals surface area contributed by atoms with Crippen molar-refractivity contribution in [1.82, 2.24) is 0 Å². The van der Waals surface area contributed by atoms with Gasteiger partial charge < -0.3 is 10.1 Å². The zero-order valence-electron chi connectivity index (χ0n) is 6.94. The van der Waals surface area contributed by atoms with Crippen LogP contribution in [-0.4, -0.2) is 13.2 Å². The Morgan fingerprint density at radius 3 is 3.15 bits per heavy atom. The van der Waals surface area contributed by atoms with Gasteiger partial charge in [0.2, 0.25) is 0 Å². The molecule has 0 saturated heterocycles. The molecule has 1 aliphatic heterocycles. The molecule has 0 atom stereocenters. The molecule has 0 aromatic heterocycles. The quantitative estimate of drug-likeness (QED) is 0.759. The number of anilines is 1. The molecule has 1 heterocycles. The summed E-state index contributed by atoms with van der Waals surface area (Å²) in [5, 5.41) is 3.11. The molecule has 1 aromatic carbocycles. The summed E-state index contributed by atoms with van der Waals surface area (Å²) in [5.74, 6) is 0.0134. The molecule has 0 bridgehead atoms. The highest BCUT2D eigenvalue weighted by molar-refractivity contribution is 9.10. The number of fused-ring (bicyclic) bond motifs is 1. The van der Waals surface area contributed by atoms with Crippen LogP contribution < -0.4 is 10.1 Å². The SMILES string of the molecule is Fc1cc(Br)cc2c1OCCCN2. The molecule has 1 aliphatic rings. The van der Waals surface area contributed by atoms with Gasteiger partial charge >= 0.3 is 0 Å². The highest BCUT2D eigenvalue weighted by Gasteiger charge is 2.13. The van der Waals surface area contributed by atoms with E-state index in [1.54, 1.807) is 0 Å². The fourth-order valence-electron chi connectivity index (χ4n) is 1.31. The average molecular weight is 246 g/mol. The Labute approximate surface area is 84.2 Å². The van der Waals surface area contributed by atoms with Crippen molar-refractivity contribution in [2.45, 2.75) is 6.42 Å². The summed E-state index contributed by atoms with van der Waals surface area (Å²) >= 11 is 3.23. The summed E-state index contributed by atoms with van der Waals surface area (Å²) in [4.78, 5) is 0. The molecule has 13 heavy (non-hydrogen) atoms. The van der Waals surface area contributed by atoms with E-state index in [1.807, 2.05) is 6.07 Å². The lowest BCUT2D eigenvalue weighted by Gasteiger charge is -2.08. The lowest BCUT2D eigenvalue weighted by atomic mass is 10.3. The third-order valence-corrected chi connectivity index (χ3v) is 2.35. The minimum Gasteiger partial charge on any atom is -0.488 e. The first-order chi connectivity index (χ1) is 6.27. The maximum atomic E-state index is 13.3. The third-order valence-electron chi connectivity index (χ3n) is 1.89. The van der Waals surface area contributed by atoms with Gasteiger partial charge in [-0.3, -0.25) is 0 Å². The van der Waals surface area contributed by atoms with E-state index in [4.69, 9.17) is 4.74 Å². The van der Waals surface area contributed by atoms with Gasteiger partial charge in [-0.1, -0.05) is 15.9 Å². The van der Waals surface area contributed by atoms with Crippen LogP contribution in [0.1, 0.15) is 6.42 Å². The topological polar surface area (TPSA) is 21.3 Å². The molecule has 0 saturated carbocycles. The molecule has 4 heteroatoms. The molecule has 70 valence electrons. The first-order valence-corrected chi connectivity index (χ1v) is 4.92. The number of halogens is 2. The molecule has 0 aliphatic carbocycles. The number of hydrogen-bond donors (Lipinski definition) is 1. The highest BCUT2D eigenvalue weighted by Crippen LogP contribution is 2.32. The Morgan fingerprint density at radius 1 is 1.46 bits per heavy atom. The van der Waals surface area contributed by atoms with Gasteiger partial charge in [-0.15, -0.1) is 0 Å². The predicted molar refractivity (Wildman–Crippen MR) is 52.7 cm³/mol. The van der Waals surface area contributed by atoms with Gasteiger partial charge in [-0.2, -0.15) is 0 Å². The molecule has 0 spiro atoms. The molecule has 0 fully saturated rings. The molecule has 2 rings (SSSR count). The minimum absolute atomic E-state index is 0.321. The lowest BCUT2D eigenvalue weighted by Crippen LogP contribution is -1.99. The minimum atomic E-state index is -0.321. The van der Waals surface area contributed by atoms with E-state index >= 15 is 0 Å². The molecular weight excluding hydrogens is 237 g/mol. The summed E-state index contributed by atoms with van der Waals surface area (Å²) in [6.07, 6.45) is 0.895. The van der Waals surface area contributed by atoms with E-state index in [9.17, 15) is 4.39 Å². The van der Waals surface area contributed by atoms with Gasteiger partial charge in [0.15, 0.2) is 11.6 Å². The van der Waals surface area contributed by atoms with Crippen molar-refractivity contribution in [3.05, 3.63) is 22.4 Å². The predicted octanol–water partition coefficient (Wildman–Crippen LogP) is 2.78. The van der Waals surface area contributed by atoms with Gasteiger partial charge in [0.25, 0.3) is 0 Å². The van der Waals surface area contributed by atoms with E-state index < -0.39 is 0 Å². The summed E-state index contributed by atoms with van der Waals surface area (Å²) in [7, 11) is 0. The van der Waals surface area contributed by atoms with Crippen molar-refractivity contribution in [1.29, 1.82) is 0 Å². The van der Waals surface area contributed by atoms with Gasteiger partial charge in [-0.05, 0) is 18.6 Å². The molecule has 0 amide bonds. The summed E-state index contributed by atoms with van der Waals surface area (Å²) in [6.45, 7) is 1.39. The maximum Gasteiger partial charge on any atom is 0.178 e. The molecular formula is C9H9BrFNO. The third kappa shape index (κ3) is 1.77. The summed E-state index contributed by atoms with van der Waals surface area (Å²) < 4.78 is 19.3. The zero-order chi connectivity index (χ0) is 9.26. The van der Waals surface area contributed by atoms with E-state index in [2.05, 4.69) is 21.2 Å². The fraction of sp³-hybridized carbons (Fsp3) is 0.333. The fourth-order valence-corrected chi connectivity index (χ4v) is 1.74. The van der Waals surface area contributed by atoms with Crippen LogP contribution in [0.4, 0.5) is 10.1 Å². The molecule has 1 aromatic rings. The molecule has 0 radical (unpaired) electrons. The van der Waals surface area contributed by atoms with Crippen LogP contribution in [0.25, 0.3) is 0 Å². The Balaban J connectivity index is 2.47. The van der Waals surface area contributed by atoms with E-state index in [-0.39, 0.29) is 5.82 Å². The van der Waals surface area contributed by atoms with Gasteiger partial charge in [0.05, 0.1) is 12.3 Å². The standard InChI is InChI=1S/C9H9BrFNO/c10-6-4-7(11)9-8(5-6)12-2-1-3-13-9/h4-5,12H,1-3H2.